The molecule has 2 aliphatic rings. The van der Waals surface area contributed by atoms with Crippen molar-refractivity contribution in [1.29, 1.82) is 0 Å². The Balaban J connectivity index is 1.96. The van der Waals surface area contributed by atoms with E-state index in [0.717, 1.165) is 18.7 Å². The van der Waals surface area contributed by atoms with Crippen LogP contribution in [0.25, 0.3) is 0 Å². The normalized spacial score (nSPS) is 21.5. The highest BCUT2D eigenvalue weighted by molar-refractivity contribution is 6.30. The van der Waals surface area contributed by atoms with Crippen molar-refractivity contribution < 1.29 is 19.2 Å². The molecule has 2 amide bonds. The van der Waals surface area contributed by atoms with Crippen molar-refractivity contribution in [3.8, 4) is 0 Å². The highest BCUT2D eigenvalue weighted by atomic mass is 35.5. The Labute approximate surface area is 152 Å². The van der Waals surface area contributed by atoms with Crippen LogP contribution in [0.15, 0.2) is 35.5 Å². The van der Waals surface area contributed by atoms with Crippen LogP contribution in [-0.4, -0.2) is 38.7 Å². The van der Waals surface area contributed by atoms with E-state index in [2.05, 4.69) is 10.6 Å². The lowest BCUT2D eigenvalue weighted by molar-refractivity contribution is -0.900. The average Bonchev–Trinajstić information content (AvgIpc) is 2.62. The highest BCUT2D eigenvalue weighted by Gasteiger charge is 2.35. The summed E-state index contributed by atoms with van der Waals surface area (Å²) in [4.78, 5) is 26.0. The van der Waals surface area contributed by atoms with E-state index >= 15 is 0 Å². The van der Waals surface area contributed by atoms with E-state index in [4.69, 9.17) is 16.3 Å². The summed E-state index contributed by atoms with van der Waals surface area (Å²) in [6.07, 6.45) is 3.58. The summed E-state index contributed by atoms with van der Waals surface area (Å²) in [6, 6.07) is 6.27. The number of methoxy groups -OCH3 is 1. The number of hydrogen-bond donors (Lipinski definition) is 3. The molecule has 0 saturated carbocycles. The quantitative estimate of drug-likeness (QED) is 0.703. The van der Waals surface area contributed by atoms with Crippen molar-refractivity contribution in [3.63, 3.8) is 0 Å². The second kappa shape index (κ2) is 7.89. The molecule has 25 heavy (non-hydrogen) atoms. The van der Waals surface area contributed by atoms with Gasteiger partial charge in [0.25, 0.3) is 0 Å². The Morgan fingerprint density at radius 2 is 1.92 bits per heavy atom. The second-order valence-electron chi connectivity index (χ2n) is 6.45. The summed E-state index contributed by atoms with van der Waals surface area (Å²) in [5, 5.41) is 6.25. The minimum absolute atomic E-state index is 0.306. The fourth-order valence-electron chi connectivity index (χ4n) is 3.49. The lowest BCUT2D eigenvalue weighted by Crippen LogP contribution is -3.13. The van der Waals surface area contributed by atoms with Crippen molar-refractivity contribution in [2.24, 2.45) is 0 Å². The molecule has 0 bridgehead atoms. The van der Waals surface area contributed by atoms with Gasteiger partial charge in [-0.1, -0.05) is 23.7 Å². The zero-order valence-corrected chi connectivity index (χ0v) is 15.0. The van der Waals surface area contributed by atoms with E-state index in [-0.39, 0.29) is 6.03 Å². The number of rotatable bonds is 4. The number of benzene rings is 1. The Morgan fingerprint density at radius 1 is 1.24 bits per heavy atom. The van der Waals surface area contributed by atoms with Crippen LogP contribution in [-0.2, 0) is 9.53 Å². The molecule has 2 aliphatic heterocycles. The predicted octanol–water partition coefficient (Wildman–Crippen LogP) is 1.19. The SMILES string of the molecule is COC(=O)C1=C(C[NH+]2CCCCC2)NC(=O)N[C@H]1c1ccc(Cl)cc1. The number of esters is 1. The molecule has 0 unspecified atom stereocenters. The van der Waals surface area contributed by atoms with Crippen LogP contribution in [0, 0.1) is 0 Å². The summed E-state index contributed by atoms with van der Waals surface area (Å²) in [6.45, 7) is 2.71. The third-order valence-electron chi connectivity index (χ3n) is 4.75. The molecule has 0 aromatic heterocycles. The third kappa shape index (κ3) is 4.14. The zero-order chi connectivity index (χ0) is 17.8. The van der Waals surface area contributed by atoms with Crippen LogP contribution in [0.2, 0.25) is 5.02 Å². The number of likely N-dealkylation sites (tertiary alicyclic amines) is 1. The smallest absolute Gasteiger partial charge is 0.338 e. The molecule has 134 valence electrons. The number of halogens is 1. The second-order valence-corrected chi connectivity index (χ2v) is 6.89. The summed E-state index contributed by atoms with van der Waals surface area (Å²) in [5.74, 6) is -0.432. The van der Waals surface area contributed by atoms with Crippen LogP contribution in [0.1, 0.15) is 30.9 Å². The van der Waals surface area contributed by atoms with Crippen molar-refractivity contribution in [2.75, 3.05) is 26.7 Å². The fourth-order valence-corrected chi connectivity index (χ4v) is 3.62. The van der Waals surface area contributed by atoms with Crippen LogP contribution in [0.5, 0.6) is 0 Å². The number of carbonyl (C=O) groups is 2. The number of amides is 2. The van der Waals surface area contributed by atoms with Gasteiger partial charge in [0, 0.05) is 5.02 Å². The molecule has 7 heteroatoms. The van der Waals surface area contributed by atoms with E-state index in [1.807, 2.05) is 12.1 Å². The minimum atomic E-state index is -0.544. The summed E-state index contributed by atoms with van der Waals surface area (Å²) >= 11 is 5.96. The summed E-state index contributed by atoms with van der Waals surface area (Å²) in [5.41, 5.74) is 1.90. The molecule has 1 saturated heterocycles. The maximum Gasteiger partial charge on any atom is 0.338 e. The number of quaternary nitrogens is 1. The van der Waals surface area contributed by atoms with E-state index in [1.54, 1.807) is 12.1 Å². The molecule has 1 fully saturated rings. The summed E-state index contributed by atoms with van der Waals surface area (Å²) < 4.78 is 5.00. The maximum atomic E-state index is 12.5. The fraction of sp³-hybridized carbons (Fsp3) is 0.444. The first-order valence-electron chi connectivity index (χ1n) is 8.56. The minimum Gasteiger partial charge on any atom is -0.466 e. The van der Waals surface area contributed by atoms with Crippen molar-refractivity contribution >= 4 is 23.6 Å². The first kappa shape index (κ1) is 17.8. The van der Waals surface area contributed by atoms with Crippen LogP contribution in [0.4, 0.5) is 4.79 Å². The monoisotopic (exact) mass is 364 g/mol. The Hall–Kier alpha value is -2.05. The maximum absolute atomic E-state index is 12.5. The van der Waals surface area contributed by atoms with Gasteiger partial charge in [0.05, 0.1) is 37.5 Å². The predicted molar refractivity (Wildman–Crippen MR) is 94.3 cm³/mol. The molecule has 0 radical (unpaired) electrons. The van der Waals surface area contributed by atoms with Gasteiger partial charge in [-0.25, -0.2) is 9.59 Å². The molecule has 3 rings (SSSR count). The molecule has 1 aromatic rings. The van der Waals surface area contributed by atoms with Gasteiger partial charge in [-0.2, -0.15) is 0 Å². The third-order valence-corrected chi connectivity index (χ3v) is 5.00. The van der Waals surface area contributed by atoms with Crippen LogP contribution in [0.3, 0.4) is 0 Å². The first-order chi connectivity index (χ1) is 12.1. The number of urea groups is 1. The highest BCUT2D eigenvalue weighted by Crippen LogP contribution is 2.28. The number of nitrogens with one attached hydrogen (secondary N) is 3. The van der Waals surface area contributed by atoms with Gasteiger partial charge in [-0.15, -0.1) is 0 Å². The topological polar surface area (TPSA) is 71.9 Å². The Kier molecular flexibility index (Phi) is 5.60. The van der Waals surface area contributed by atoms with Crippen LogP contribution < -0.4 is 15.5 Å². The first-order valence-corrected chi connectivity index (χ1v) is 8.94. The zero-order valence-electron chi connectivity index (χ0n) is 14.2. The van der Waals surface area contributed by atoms with Crippen molar-refractivity contribution in [1.82, 2.24) is 10.6 Å². The standard InChI is InChI=1S/C18H22ClN3O3/c1-25-17(23)15-14(11-22-9-3-2-4-10-22)20-18(24)21-16(15)12-5-7-13(19)8-6-12/h5-8,16H,2-4,9-11H2,1H3,(H2,20,21,24)/p+1/t16-/m0/s1. The lowest BCUT2D eigenvalue weighted by Gasteiger charge is -2.31. The molecule has 0 spiro atoms. The van der Waals surface area contributed by atoms with Gasteiger partial charge >= 0.3 is 12.0 Å². The lowest BCUT2D eigenvalue weighted by atomic mass is 9.95. The van der Waals surface area contributed by atoms with Gasteiger partial charge in [0.15, 0.2) is 0 Å². The molecule has 1 aromatic carbocycles. The molecule has 6 nitrogen and oxygen atoms in total. The van der Waals surface area contributed by atoms with Gasteiger partial charge in [0.1, 0.15) is 6.54 Å². The van der Waals surface area contributed by atoms with Gasteiger partial charge < -0.3 is 20.3 Å². The summed E-state index contributed by atoms with van der Waals surface area (Å²) in [7, 11) is 1.36. The Morgan fingerprint density at radius 3 is 2.56 bits per heavy atom. The largest absolute Gasteiger partial charge is 0.466 e. The number of carbonyl (C=O) groups excluding carboxylic acids is 2. The van der Waals surface area contributed by atoms with Gasteiger partial charge in [0.2, 0.25) is 0 Å². The van der Waals surface area contributed by atoms with Crippen molar-refractivity contribution in [3.05, 3.63) is 46.1 Å². The molecule has 0 aliphatic carbocycles. The van der Waals surface area contributed by atoms with Crippen molar-refractivity contribution in [2.45, 2.75) is 25.3 Å². The van der Waals surface area contributed by atoms with E-state index < -0.39 is 12.0 Å². The molecule has 2 heterocycles. The van der Waals surface area contributed by atoms with E-state index in [9.17, 15) is 9.59 Å². The number of ether oxygens (including phenoxy) is 1. The van der Waals surface area contributed by atoms with Gasteiger partial charge in [-0.05, 0) is 37.0 Å². The molecule has 1 atom stereocenters. The van der Waals surface area contributed by atoms with Crippen LogP contribution >= 0.6 is 11.6 Å². The molecular weight excluding hydrogens is 342 g/mol. The average molecular weight is 365 g/mol. The number of hydrogen-bond acceptors (Lipinski definition) is 3. The van der Waals surface area contributed by atoms with Gasteiger partial charge in [-0.3, -0.25) is 0 Å². The van der Waals surface area contributed by atoms with E-state index in [1.165, 1.54) is 31.3 Å². The Bertz CT molecular complexity index is 681. The molecule has 3 N–H and O–H groups in total. The molecular formula is C18H23ClN3O3+. The van der Waals surface area contributed by atoms with E-state index in [0.29, 0.717) is 22.8 Å². The number of piperidine rings is 1.